The maximum atomic E-state index is 14.0. The molecule has 0 aliphatic carbocycles. The average Bonchev–Trinajstić information content (AvgIpc) is 2.95. The van der Waals surface area contributed by atoms with Crippen LogP contribution < -0.4 is 4.90 Å². The molecular formula is C27H31NO6. The molecule has 180 valence electrons. The highest BCUT2D eigenvalue weighted by molar-refractivity contribution is 6.14. The number of esters is 1. The minimum atomic E-state index is -2.13. The largest absolute Gasteiger partial charge is 0.510 e. The van der Waals surface area contributed by atoms with Crippen molar-refractivity contribution in [3.63, 3.8) is 0 Å². The van der Waals surface area contributed by atoms with Crippen LogP contribution >= 0.6 is 0 Å². The van der Waals surface area contributed by atoms with Crippen molar-refractivity contribution in [1.82, 2.24) is 0 Å². The second kappa shape index (κ2) is 8.97. The van der Waals surface area contributed by atoms with Gasteiger partial charge in [0.15, 0.2) is 0 Å². The zero-order valence-electron chi connectivity index (χ0n) is 20.5. The predicted molar refractivity (Wildman–Crippen MR) is 128 cm³/mol. The van der Waals surface area contributed by atoms with Gasteiger partial charge in [-0.25, -0.2) is 9.59 Å². The smallest absolute Gasteiger partial charge is 0.456 e. The molecule has 2 aromatic carbocycles. The molecule has 0 saturated heterocycles. The van der Waals surface area contributed by atoms with Gasteiger partial charge in [0.2, 0.25) is 0 Å². The Balaban J connectivity index is 2.13. The quantitative estimate of drug-likeness (QED) is 0.441. The number of para-hydroxylation sites is 1. The Morgan fingerprint density at radius 2 is 1.44 bits per heavy atom. The van der Waals surface area contributed by atoms with E-state index >= 15 is 0 Å². The van der Waals surface area contributed by atoms with E-state index in [0.29, 0.717) is 11.3 Å². The van der Waals surface area contributed by atoms with Crippen molar-refractivity contribution in [3.8, 4) is 0 Å². The fraction of sp³-hybridized carbons (Fsp3) is 0.370. The number of carbonyl (C=O) groups is 3. The van der Waals surface area contributed by atoms with Gasteiger partial charge in [-0.1, -0.05) is 55.1 Å². The predicted octanol–water partition coefficient (Wildman–Crippen LogP) is 5.28. The first-order valence-corrected chi connectivity index (χ1v) is 11.0. The number of benzene rings is 2. The van der Waals surface area contributed by atoms with Crippen molar-refractivity contribution >= 4 is 23.7 Å². The van der Waals surface area contributed by atoms with Crippen molar-refractivity contribution < 1.29 is 28.6 Å². The lowest BCUT2D eigenvalue weighted by atomic mass is 9.87. The van der Waals surface area contributed by atoms with Gasteiger partial charge in [0.05, 0.1) is 17.8 Å². The summed E-state index contributed by atoms with van der Waals surface area (Å²) in [6.07, 6.45) is -1.10. The number of carbonyl (C=O) groups excluding carboxylic acids is 3. The number of ether oxygens (including phenoxy) is 3. The number of anilines is 1. The summed E-state index contributed by atoms with van der Waals surface area (Å²) in [6.45, 7) is 14.2. The second-order valence-corrected chi connectivity index (χ2v) is 10.1. The van der Waals surface area contributed by atoms with E-state index in [2.05, 4.69) is 6.58 Å². The minimum Gasteiger partial charge on any atom is -0.456 e. The molecule has 7 heteroatoms. The lowest BCUT2D eigenvalue weighted by Crippen LogP contribution is -2.48. The number of rotatable bonds is 5. The summed E-state index contributed by atoms with van der Waals surface area (Å²) in [6, 6.07) is 16.2. The van der Waals surface area contributed by atoms with Crippen LogP contribution in [-0.2, 0) is 35.9 Å². The van der Waals surface area contributed by atoms with Gasteiger partial charge in [0.25, 0.3) is 11.5 Å². The highest BCUT2D eigenvalue weighted by Crippen LogP contribution is 2.48. The Hall–Kier alpha value is -3.61. The maximum absolute atomic E-state index is 14.0. The Morgan fingerprint density at radius 3 is 2.03 bits per heavy atom. The zero-order chi connectivity index (χ0) is 25.3. The van der Waals surface area contributed by atoms with Crippen LogP contribution in [0.15, 0.2) is 66.7 Å². The van der Waals surface area contributed by atoms with Crippen LogP contribution in [0.1, 0.15) is 52.7 Å². The van der Waals surface area contributed by atoms with E-state index < -0.39 is 34.8 Å². The van der Waals surface area contributed by atoms with E-state index in [1.165, 1.54) is 4.90 Å². The third kappa shape index (κ3) is 5.14. The molecule has 34 heavy (non-hydrogen) atoms. The molecule has 1 heterocycles. The van der Waals surface area contributed by atoms with Crippen LogP contribution in [-0.4, -0.2) is 29.2 Å². The van der Waals surface area contributed by atoms with Crippen LogP contribution in [0.3, 0.4) is 0 Å². The molecule has 1 amide bonds. The molecule has 0 aromatic heterocycles. The van der Waals surface area contributed by atoms with Gasteiger partial charge in [-0.2, -0.15) is 0 Å². The molecule has 0 N–H and O–H groups in total. The summed E-state index contributed by atoms with van der Waals surface area (Å²) in [5, 5.41) is 0. The number of hydrogen-bond acceptors (Lipinski definition) is 6. The SMILES string of the molecule is C=C(C(=O)OC(C)(C)C)C1(OC(=O)OC(C)(C)C)C(=O)N(Cc2ccccc2)c2ccccc21. The summed E-state index contributed by atoms with van der Waals surface area (Å²) in [5.41, 5.74) is -2.48. The van der Waals surface area contributed by atoms with E-state index in [9.17, 15) is 14.4 Å². The molecule has 0 radical (unpaired) electrons. The first-order chi connectivity index (χ1) is 15.7. The van der Waals surface area contributed by atoms with Gasteiger partial charge >= 0.3 is 12.1 Å². The number of nitrogens with zero attached hydrogens (tertiary/aromatic N) is 1. The fourth-order valence-electron chi connectivity index (χ4n) is 3.68. The molecule has 0 saturated carbocycles. The summed E-state index contributed by atoms with van der Waals surface area (Å²) >= 11 is 0. The van der Waals surface area contributed by atoms with Crippen LogP contribution in [0, 0.1) is 0 Å². The van der Waals surface area contributed by atoms with Gasteiger partial charge in [-0.05, 0) is 53.2 Å². The summed E-state index contributed by atoms with van der Waals surface area (Å²) in [4.78, 5) is 41.5. The summed E-state index contributed by atoms with van der Waals surface area (Å²) in [5.74, 6) is -1.47. The highest BCUT2D eigenvalue weighted by atomic mass is 16.7. The molecule has 7 nitrogen and oxygen atoms in total. The average molecular weight is 466 g/mol. The maximum Gasteiger partial charge on any atom is 0.510 e. The Morgan fingerprint density at radius 1 is 0.882 bits per heavy atom. The molecule has 3 rings (SSSR count). The van der Waals surface area contributed by atoms with Crippen LogP contribution in [0.2, 0.25) is 0 Å². The van der Waals surface area contributed by atoms with E-state index in [0.717, 1.165) is 5.56 Å². The van der Waals surface area contributed by atoms with Crippen LogP contribution in [0.5, 0.6) is 0 Å². The molecule has 1 atom stereocenters. The Labute approximate surface area is 200 Å². The van der Waals surface area contributed by atoms with Crippen molar-refractivity contribution in [3.05, 3.63) is 77.9 Å². The Kier molecular flexibility index (Phi) is 6.60. The first-order valence-electron chi connectivity index (χ1n) is 11.0. The van der Waals surface area contributed by atoms with Crippen molar-refractivity contribution in [2.45, 2.75) is 64.9 Å². The second-order valence-electron chi connectivity index (χ2n) is 10.1. The standard InChI is InChI=1S/C27H31NO6/c1-18(22(29)32-25(2,3)4)27(34-24(31)33-26(5,6)7)20-15-11-12-16-21(20)28(23(27)30)17-19-13-9-8-10-14-19/h8-16H,1,17H2,2-7H3. The number of hydrogen-bond donors (Lipinski definition) is 0. The lowest BCUT2D eigenvalue weighted by molar-refractivity contribution is -0.156. The normalized spacial score (nSPS) is 17.7. The monoisotopic (exact) mass is 465 g/mol. The molecule has 0 spiro atoms. The fourth-order valence-corrected chi connectivity index (χ4v) is 3.68. The number of amides is 1. The summed E-state index contributed by atoms with van der Waals surface area (Å²) in [7, 11) is 0. The van der Waals surface area contributed by atoms with Gasteiger partial charge in [-0.3, -0.25) is 4.79 Å². The van der Waals surface area contributed by atoms with Crippen LogP contribution in [0.25, 0.3) is 0 Å². The van der Waals surface area contributed by atoms with Gasteiger partial charge in [-0.15, -0.1) is 0 Å². The zero-order valence-corrected chi connectivity index (χ0v) is 20.5. The van der Waals surface area contributed by atoms with Gasteiger partial charge < -0.3 is 19.1 Å². The third-order valence-corrected chi connectivity index (χ3v) is 5.00. The van der Waals surface area contributed by atoms with Crippen LogP contribution in [0.4, 0.5) is 10.5 Å². The van der Waals surface area contributed by atoms with E-state index in [4.69, 9.17) is 14.2 Å². The Bertz CT molecular complexity index is 1110. The van der Waals surface area contributed by atoms with Gasteiger partial charge in [0, 0.05) is 5.56 Å². The molecule has 1 unspecified atom stereocenters. The topological polar surface area (TPSA) is 82.1 Å². The molecule has 1 aliphatic rings. The van der Waals surface area contributed by atoms with Crippen molar-refractivity contribution in [2.75, 3.05) is 4.90 Å². The van der Waals surface area contributed by atoms with E-state index in [1.54, 1.807) is 65.8 Å². The third-order valence-electron chi connectivity index (χ3n) is 5.00. The molecule has 0 fully saturated rings. The lowest BCUT2D eigenvalue weighted by Gasteiger charge is -2.32. The molecular weight excluding hydrogens is 434 g/mol. The summed E-state index contributed by atoms with van der Waals surface area (Å²) < 4.78 is 16.6. The molecule has 2 aromatic rings. The van der Waals surface area contributed by atoms with Crippen molar-refractivity contribution in [1.29, 1.82) is 0 Å². The van der Waals surface area contributed by atoms with Crippen molar-refractivity contribution in [2.24, 2.45) is 0 Å². The van der Waals surface area contributed by atoms with E-state index in [-0.39, 0.29) is 12.1 Å². The first kappa shape index (κ1) is 25.0. The minimum absolute atomic E-state index is 0.206. The van der Waals surface area contributed by atoms with E-state index in [1.807, 2.05) is 30.3 Å². The molecule has 1 aliphatic heterocycles. The number of fused-ring (bicyclic) bond motifs is 1. The van der Waals surface area contributed by atoms with Gasteiger partial charge in [0.1, 0.15) is 11.2 Å². The highest BCUT2D eigenvalue weighted by Gasteiger charge is 2.59. The molecule has 0 bridgehead atoms.